The second-order valence-electron chi connectivity index (χ2n) is 5.32. The van der Waals surface area contributed by atoms with E-state index in [0.717, 1.165) is 24.3 Å². The van der Waals surface area contributed by atoms with Crippen LogP contribution in [0.2, 0.25) is 5.02 Å². The van der Waals surface area contributed by atoms with Gasteiger partial charge in [0.05, 0.1) is 10.7 Å². The molecule has 0 saturated heterocycles. The molecular formula is C15H19ClN4O. The number of nitrogens with two attached hydrogens (primary N) is 1. The van der Waals surface area contributed by atoms with Gasteiger partial charge in [0.25, 0.3) is 5.91 Å². The summed E-state index contributed by atoms with van der Waals surface area (Å²) < 4.78 is 1.55. The Kier molecular flexibility index (Phi) is 4.98. The van der Waals surface area contributed by atoms with Crippen LogP contribution < -0.4 is 11.1 Å². The van der Waals surface area contributed by atoms with Crippen LogP contribution in [0.15, 0.2) is 30.5 Å². The summed E-state index contributed by atoms with van der Waals surface area (Å²) in [6.07, 6.45) is 1.66. The Morgan fingerprint density at radius 2 is 2.19 bits per heavy atom. The maximum Gasteiger partial charge on any atom is 0.269 e. The van der Waals surface area contributed by atoms with E-state index >= 15 is 0 Å². The van der Waals surface area contributed by atoms with Gasteiger partial charge in [0.15, 0.2) is 0 Å². The number of nitrogens with one attached hydrogen (secondary N) is 1. The van der Waals surface area contributed by atoms with Gasteiger partial charge in [-0.05, 0) is 36.2 Å². The van der Waals surface area contributed by atoms with Crippen LogP contribution in [-0.2, 0) is 6.54 Å². The van der Waals surface area contributed by atoms with E-state index in [1.807, 2.05) is 18.2 Å². The number of primary amides is 1. The molecule has 1 amide bonds. The average molecular weight is 307 g/mol. The molecule has 0 aliphatic carbocycles. The molecule has 112 valence electrons. The molecule has 0 aliphatic heterocycles. The predicted octanol–water partition coefficient (Wildman–Crippen LogP) is 2.37. The average Bonchev–Trinajstić information content (AvgIpc) is 2.88. The first kappa shape index (κ1) is 15.5. The summed E-state index contributed by atoms with van der Waals surface area (Å²) in [6, 6.07) is 7.33. The second-order valence-corrected chi connectivity index (χ2v) is 5.73. The van der Waals surface area contributed by atoms with Crippen molar-refractivity contribution in [3.8, 4) is 5.69 Å². The van der Waals surface area contributed by atoms with E-state index in [9.17, 15) is 4.79 Å². The minimum atomic E-state index is -0.556. The normalized spacial score (nSPS) is 11.0. The van der Waals surface area contributed by atoms with Crippen LogP contribution in [0.5, 0.6) is 0 Å². The number of aromatic nitrogens is 2. The SMILES string of the molecule is CC(C)CNCc1ccc(-n2ccc(C(N)=O)n2)c(Cl)c1. The van der Waals surface area contributed by atoms with Crippen LogP contribution in [-0.4, -0.2) is 22.2 Å². The summed E-state index contributed by atoms with van der Waals surface area (Å²) >= 11 is 6.29. The van der Waals surface area contributed by atoms with Gasteiger partial charge in [-0.1, -0.05) is 31.5 Å². The number of nitrogens with zero attached hydrogens (tertiary/aromatic N) is 2. The lowest BCUT2D eigenvalue weighted by molar-refractivity contribution is 0.0995. The number of amides is 1. The fourth-order valence-electron chi connectivity index (χ4n) is 1.94. The number of carbonyl (C=O) groups is 1. The molecule has 1 heterocycles. The summed E-state index contributed by atoms with van der Waals surface area (Å²) in [4.78, 5) is 11.1. The number of benzene rings is 1. The second kappa shape index (κ2) is 6.74. The fourth-order valence-corrected chi connectivity index (χ4v) is 2.23. The summed E-state index contributed by atoms with van der Waals surface area (Å²) in [7, 11) is 0. The number of hydrogen-bond donors (Lipinski definition) is 2. The first-order valence-electron chi connectivity index (χ1n) is 6.82. The molecule has 1 aromatic carbocycles. The van der Waals surface area contributed by atoms with Crippen molar-refractivity contribution < 1.29 is 4.79 Å². The molecule has 0 unspecified atom stereocenters. The lowest BCUT2D eigenvalue weighted by Gasteiger charge is -2.10. The van der Waals surface area contributed by atoms with Crippen LogP contribution in [0, 0.1) is 5.92 Å². The lowest BCUT2D eigenvalue weighted by Crippen LogP contribution is -2.19. The minimum Gasteiger partial charge on any atom is -0.364 e. The molecule has 6 heteroatoms. The van der Waals surface area contributed by atoms with Crippen LogP contribution in [0.3, 0.4) is 0 Å². The third-order valence-corrected chi connectivity index (χ3v) is 3.28. The van der Waals surface area contributed by atoms with Crippen molar-refractivity contribution in [2.24, 2.45) is 11.7 Å². The molecular weight excluding hydrogens is 288 g/mol. The predicted molar refractivity (Wildman–Crippen MR) is 83.6 cm³/mol. The van der Waals surface area contributed by atoms with Gasteiger partial charge in [-0.3, -0.25) is 4.79 Å². The summed E-state index contributed by atoms with van der Waals surface area (Å²) in [6.45, 7) is 6.05. The fraction of sp³-hybridized carbons (Fsp3) is 0.333. The number of carbonyl (C=O) groups excluding carboxylic acids is 1. The Labute approximate surface area is 129 Å². The van der Waals surface area contributed by atoms with Crippen LogP contribution in [0.1, 0.15) is 29.9 Å². The standard InChI is InChI=1S/C15H19ClN4O/c1-10(2)8-18-9-11-3-4-14(12(16)7-11)20-6-5-13(19-20)15(17)21/h3-7,10,18H,8-9H2,1-2H3,(H2,17,21). The highest BCUT2D eigenvalue weighted by Gasteiger charge is 2.09. The molecule has 5 nitrogen and oxygen atoms in total. The molecule has 3 N–H and O–H groups in total. The molecule has 0 fully saturated rings. The highest BCUT2D eigenvalue weighted by molar-refractivity contribution is 6.32. The van der Waals surface area contributed by atoms with Crippen LogP contribution in [0.4, 0.5) is 0 Å². The summed E-state index contributed by atoms with van der Waals surface area (Å²) in [5.74, 6) is 0.0513. The van der Waals surface area contributed by atoms with E-state index in [1.165, 1.54) is 0 Å². The Morgan fingerprint density at radius 1 is 1.43 bits per heavy atom. The maximum absolute atomic E-state index is 11.1. The number of rotatable bonds is 6. The van der Waals surface area contributed by atoms with Crippen molar-refractivity contribution >= 4 is 17.5 Å². The third-order valence-electron chi connectivity index (χ3n) is 2.98. The molecule has 0 spiro atoms. The van der Waals surface area contributed by atoms with E-state index in [-0.39, 0.29) is 5.69 Å². The molecule has 0 atom stereocenters. The van der Waals surface area contributed by atoms with Crippen molar-refractivity contribution in [2.45, 2.75) is 20.4 Å². The Bertz CT molecular complexity index is 636. The van der Waals surface area contributed by atoms with E-state index in [1.54, 1.807) is 16.9 Å². The number of halogens is 1. The van der Waals surface area contributed by atoms with Crippen LogP contribution in [0.25, 0.3) is 5.69 Å². The first-order valence-corrected chi connectivity index (χ1v) is 7.20. The zero-order valence-corrected chi connectivity index (χ0v) is 12.9. The molecule has 2 aromatic rings. The van der Waals surface area contributed by atoms with E-state index in [4.69, 9.17) is 17.3 Å². The molecule has 0 radical (unpaired) electrons. The molecule has 0 aliphatic rings. The van der Waals surface area contributed by atoms with Crippen molar-refractivity contribution in [3.63, 3.8) is 0 Å². The van der Waals surface area contributed by atoms with Gasteiger partial charge in [-0.25, -0.2) is 4.68 Å². The molecule has 21 heavy (non-hydrogen) atoms. The zero-order valence-electron chi connectivity index (χ0n) is 12.1. The van der Waals surface area contributed by atoms with Crippen molar-refractivity contribution in [1.29, 1.82) is 0 Å². The molecule has 0 bridgehead atoms. The maximum atomic E-state index is 11.1. The van der Waals surface area contributed by atoms with E-state index < -0.39 is 5.91 Å². The van der Waals surface area contributed by atoms with Gasteiger partial charge in [-0.2, -0.15) is 5.10 Å². The highest BCUT2D eigenvalue weighted by atomic mass is 35.5. The Balaban J connectivity index is 2.13. The van der Waals surface area contributed by atoms with E-state index in [2.05, 4.69) is 24.3 Å². The highest BCUT2D eigenvalue weighted by Crippen LogP contribution is 2.21. The monoisotopic (exact) mass is 306 g/mol. The lowest BCUT2D eigenvalue weighted by atomic mass is 10.2. The van der Waals surface area contributed by atoms with Gasteiger partial charge in [0.2, 0.25) is 0 Å². The smallest absolute Gasteiger partial charge is 0.269 e. The molecule has 2 rings (SSSR count). The first-order chi connectivity index (χ1) is 9.97. The summed E-state index contributed by atoms with van der Waals surface area (Å²) in [5.41, 5.74) is 7.23. The Hall–Kier alpha value is -1.85. The third kappa shape index (κ3) is 4.06. The van der Waals surface area contributed by atoms with Gasteiger partial charge < -0.3 is 11.1 Å². The van der Waals surface area contributed by atoms with Crippen LogP contribution >= 0.6 is 11.6 Å². The zero-order chi connectivity index (χ0) is 15.4. The van der Waals surface area contributed by atoms with Gasteiger partial charge in [0, 0.05) is 12.7 Å². The van der Waals surface area contributed by atoms with Gasteiger partial charge in [0.1, 0.15) is 5.69 Å². The van der Waals surface area contributed by atoms with Gasteiger partial charge >= 0.3 is 0 Å². The largest absolute Gasteiger partial charge is 0.364 e. The minimum absolute atomic E-state index is 0.216. The molecule has 1 aromatic heterocycles. The van der Waals surface area contributed by atoms with E-state index in [0.29, 0.717) is 10.9 Å². The summed E-state index contributed by atoms with van der Waals surface area (Å²) in [5, 5.41) is 8.04. The number of hydrogen-bond acceptors (Lipinski definition) is 3. The molecule has 0 saturated carbocycles. The van der Waals surface area contributed by atoms with Crippen molar-refractivity contribution in [1.82, 2.24) is 15.1 Å². The van der Waals surface area contributed by atoms with Gasteiger partial charge in [-0.15, -0.1) is 0 Å². The topological polar surface area (TPSA) is 72.9 Å². The quantitative estimate of drug-likeness (QED) is 0.860. The van der Waals surface area contributed by atoms with Crippen molar-refractivity contribution in [2.75, 3.05) is 6.54 Å². The Morgan fingerprint density at radius 3 is 2.76 bits per heavy atom. The van der Waals surface area contributed by atoms with Crippen molar-refractivity contribution in [3.05, 3.63) is 46.7 Å².